The number of thiophene rings is 1. The van der Waals surface area contributed by atoms with Crippen molar-refractivity contribution < 1.29 is 0 Å². The zero-order valence-electron chi connectivity index (χ0n) is 23.5. The molecule has 12 N–H and O–H groups in total. The van der Waals surface area contributed by atoms with E-state index in [9.17, 15) is 0 Å². The third kappa shape index (κ3) is 10.2. The molecule has 0 radical (unpaired) electrons. The second-order valence-corrected chi connectivity index (χ2v) is 11.3. The van der Waals surface area contributed by atoms with Crippen LogP contribution in [0.4, 0.5) is 37.9 Å². The summed E-state index contributed by atoms with van der Waals surface area (Å²) in [4.78, 5) is 6.47. The summed E-state index contributed by atoms with van der Waals surface area (Å²) in [6, 6.07) is 24.8. The average Bonchev–Trinajstić information content (AvgIpc) is 3.73. The van der Waals surface area contributed by atoms with Gasteiger partial charge in [-0.2, -0.15) is 9.36 Å². The van der Waals surface area contributed by atoms with Gasteiger partial charge < -0.3 is 39.3 Å². The van der Waals surface area contributed by atoms with E-state index in [0.29, 0.717) is 11.0 Å². The third-order valence-electron chi connectivity index (χ3n) is 6.09. The van der Waals surface area contributed by atoms with Gasteiger partial charge in [-0.1, -0.05) is 30.3 Å². The fourth-order valence-electron chi connectivity index (χ4n) is 3.79. The molecule has 3 heterocycles. The highest BCUT2D eigenvalue weighted by atomic mass is 32.1. The molecule has 1 fully saturated rings. The molecule has 0 spiro atoms. The van der Waals surface area contributed by atoms with Gasteiger partial charge >= 0.3 is 0 Å². The van der Waals surface area contributed by atoms with Gasteiger partial charge in [0.05, 0.1) is 10.0 Å². The van der Waals surface area contributed by atoms with Crippen molar-refractivity contribution in [3.8, 4) is 11.4 Å². The predicted molar refractivity (Wildman–Crippen MR) is 180 cm³/mol. The van der Waals surface area contributed by atoms with Gasteiger partial charge in [-0.3, -0.25) is 0 Å². The van der Waals surface area contributed by atoms with Crippen LogP contribution in [0.3, 0.4) is 0 Å². The van der Waals surface area contributed by atoms with Crippen molar-refractivity contribution in [2.75, 3.05) is 52.4 Å². The van der Waals surface area contributed by atoms with E-state index in [2.05, 4.69) is 20.3 Å². The first-order chi connectivity index (χ1) is 19.6. The molecule has 11 heteroatoms. The molecule has 0 saturated carbocycles. The smallest absolute Gasteiger partial charge is 0.200 e. The quantitative estimate of drug-likeness (QED) is 0.134. The first kappa shape index (κ1) is 31.1. The molecule has 2 aromatic heterocycles. The summed E-state index contributed by atoms with van der Waals surface area (Å²) in [6.45, 7) is 6.29. The lowest BCUT2D eigenvalue weighted by Gasteiger charge is -2.13. The predicted octanol–water partition coefficient (Wildman–Crippen LogP) is 6.04. The number of hydrogen-bond acceptors (Lipinski definition) is 11. The van der Waals surface area contributed by atoms with E-state index in [1.807, 2.05) is 74.5 Å². The lowest BCUT2D eigenvalue weighted by molar-refractivity contribution is 0.949. The van der Waals surface area contributed by atoms with Gasteiger partial charge in [-0.25, -0.2) is 0 Å². The molecule has 0 amide bonds. The molecule has 0 aliphatic carbocycles. The van der Waals surface area contributed by atoms with Crippen molar-refractivity contribution in [1.29, 1.82) is 0 Å². The second kappa shape index (κ2) is 15.3. The van der Waals surface area contributed by atoms with Crippen LogP contribution in [0.2, 0.25) is 0 Å². The monoisotopic (exact) mass is 589 g/mol. The Morgan fingerprint density at radius 3 is 1.66 bits per heavy atom. The number of aryl methyl sites for hydroxylation is 2. The number of benzene rings is 3. The van der Waals surface area contributed by atoms with Gasteiger partial charge in [0.25, 0.3) is 0 Å². The van der Waals surface area contributed by atoms with Crippen molar-refractivity contribution in [3.63, 3.8) is 0 Å². The van der Waals surface area contributed by atoms with E-state index < -0.39 is 0 Å². The Kier molecular flexibility index (Phi) is 11.6. The Morgan fingerprint density at radius 2 is 1.24 bits per heavy atom. The molecular weight excluding hydrogens is 551 g/mol. The largest absolute Gasteiger partial charge is 0.399 e. The lowest BCUT2D eigenvalue weighted by Crippen LogP contribution is -2.15. The Balaban J connectivity index is 0.000000152. The van der Waals surface area contributed by atoms with Crippen molar-refractivity contribution in [2.24, 2.45) is 0 Å². The summed E-state index contributed by atoms with van der Waals surface area (Å²) in [5.74, 6) is 0.707. The van der Waals surface area contributed by atoms with Crippen LogP contribution >= 0.6 is 22.9 Å². The Bertz CT molecular complexity index is 1440. The molecule has 3 aromatic carbocycles. The molecule has 0 unspecified atom stereocenters. The molecule has 0 atom stereocenters. The van der Waals surface area contributed by atoms with Gasteiger partial charge in [0.2, 0.25) is 0 Å². The number of nitrogen functional groups attached to an aromatic ring is 6. The van der Waals surface area contributed by atoms with E-state index in [1.165, 1.54) is 42.5 Å². The van der Waals surface area contributed by atoms with Crippen molar-refractivity contribution in [1.82, 2.24) is 9.36 Å². The van der Waals surface area contributed by atoms with E-state index >= 15 is 0 Å². The minimum Gasteiger partial charge on any atom is -0.399 e. The van der Waals surface area contributed by atoms with E-state index in [1.54, 1.807) is 23.5 Å². The molecule has 6 rings (SSSR count). The van der Waals surface area contributed by atoms with Gasteiger partial charge in [-0.15, -0.1) is 11.3 Å². The van der Waals surface area contributed by atoms with E-state index in [4.69, 9.17) is 34.4 Å². The highest BCUT2D eigenvalue weighted by Crippen LogP contribution is 2.30. The zero-order chi connectivity index (χ0) is 29.8. The fraction of sp³-hybridized carbons (Fsp3) is 0.200. The maximum absolute atomic E-state index is 5.64. The summed E-state index contributed by atoms with van der Waals surface area (Å²) in [6.07, 6.45) is 2.66. The number of rotatable bonds is 2. The van der Waals surface area contributed by atoms with Gasteiger partial charge in [-0.05, 0) is 86.3 Å². The third-order valence-corrected chi connectivity index (χ3v) is 7.61. The van der Waals surface area contributed by atoms with Gasteiger partial charge in [0.1, 0.15) is 0 Å². The Labute approximate surface area is 250 Å². The van der Waals surface area contributed by atoms with Crippen LogP contribution in [-0.4, -0.2) is 22.4 Å². The van der Waals surface area contributed by atoms with Crippen molar-refractivity contribution >= 4 is 60.8 Å². The zero-order valence-corrected chi connectivity index (χ0v) is 25.1. The van der Waals surface area contributed by atoms with Crippen LogP contribution in [0, 0.1) is 13.8 Å². The van der Waals surface area contributed by atoms with E-state index in [0.717, 1.165) is 44.4 Å². The van der Waals surface area contributed by atoms with Crippen molar-refractivity contribution in [3.05, 3.63) is 90.0 Å². The summed E-state index contributed by atoms with van der Waals surface area (Å²) in [7, 11) is 0. The standard InChI is InChI=1S/C8H7N3S.C8H12N2S.2C7H10N2/c9-8-10-7(11-12-8)6-4-2-1-3-5-6;9-7-3-4-8(11-7)10-5-1-2-6-10;2*1-5-4-6(8)2-3-7(5)9/h1-5H,(H2,9,10,11);3-4H,1-2,5-6,9H2;2*2-4H,8-9H2,1H3. The highest BCUT2D eigenvalue weighted by Gasteiger charge is 2.13. The van der Waals surface area contributed by atoms with Crippen LogP contribution in [0.25, 0.3) is 11.4 Å². The average molecular weight is 590 g/mol. The normalized spacial score (nSPS) is 11.8. The van der Waals surface area contributed by atoms with Gasteiger partial charge in [0.15, 0.2) is 11.0 Å². The highest BCUT2D eigenvalue weighted by molar-refractivity contribution is 7.19. The first-order valence-electron chi connectivity index (χ1n) is 13.1. The number of hydrogen-bond donors (Lipinski definition) is 6. The fourth-order valence-corrected chi connectivity index (χ4v) is 5.07. The topological polar surface area (TPSA) is 185 Å². The Morgan fingerprint density at radius 1 is 0.683 bits per heavy atom. The van der Waals surface area contributed by atoms with E-state index in [-0.39, 0.29) is 0 Å². The van der Waals surface area contributed by atoms with Crippen LogP contribution in [0.1, 0.15) is 24.0 Å². The molecule has 216 valence electrons. The number of nitrogens with two attached hydrogens (primary N) is 6. The maximum atomic E-state index is 5.64. The maximum Gasteiger partial charge on any atom is 0.200 e. The van der Waals surface area contributed by atoms with Crippen LogP contribution in [0.15, 0.2) is 78.9 Å². The first-order valence-corrected chi connectivity index (χ1v) is 14.7. The van der Waals surface area contributed by atoms with Crippen molar-refractivity contribution in [2.45, 2.75) is 26.7 Å². The number of nitrogens with zero attached hydrogens (tertiary/aromatic N) is 3. The Hall–Kier alpha value is -4.48. The van der Waals surface area contributed by atoms with Crippen LogP contribution in [-0.2, 0) is 0 Å². The minimum absolute atomic E-state index is 0.508. The van der Waals surface area contributed by atoms with Crippen LogP contribution < -0.4 is 39.3 Å². The molecule has 1 aliphatic heterocycles. The molecule has 0 bridgehead atoms. The molecule has 1 saturated heterocycles. The minimum atomic E-state index is 0.508. The van der Waals surface area contributed by atoms with Crippen LogP contribution in [0.5, 0.6) is 0 Å². The summed E-state index contributed by atoms with van der Waals surface area (Å²) in [5, 5.41) is 2.76. The molecule has 9 nitrogen and oxygen atoms in total. The number of aromatic nitrogens is 2. The molecular formula is C30H39N9S2. The lowest BCUT2D eigenvalue weighted by atomic mass is 10.2. The molecule has 1 aliphatic rings. The van der Waals surface area contributed by atoms with Gasteiger partial charge in [0, 0.05) is 52.9 Å². The second-order valence-electron chi connectivity index (χ2n) is 9.42. The number of anilines is 7. The molecule has 5 aromatic rings. The summed E-state index contributed by atoms with van der Waals surface area (Å²) in [5.41, 5.74) is 39.3. The summed E-state index contributed by atoms with van der Waals surface area (Å²) < 4.78 is 4.09. The SMILES string of the molecule is Cc1cc(N)ccc1N.Cc1cc(N)ccc1N.Nc1ccc(N2CCCC2)s1.Nc1nc(-c2ccccc2)ns1. The summed E-state index contributed by atoms with van der Waals surface area (Å²) >= 11 is 2.90. The molecule has 41 heavy (non-hydrogen) atoms.